The minimum atomic E-state index is -0.415. The molecular formula is C14H15FN2O. The molecule has 3 nitrogen and oxygen atoms in total. The molecule has 0 saturated carbocycles. The fourth-order valence-electron chi connectivity index (χ4n) is 1.63. The Morgan fingerprint density at radius 2 is 2.11 bits per heavy atom. The molecule has 0 aliphatic heterocycles. The van der Waals surface area contributed by atoms with E-state index in [1.54, 1.807) is 24.4 Å². The van der Waals surface area contributed by atoms with E-state index in [4.69, 9.17) is 10.5 Å². The van der Waals surface area contributed by atoms with E-state index in [0.717, 1.165) is 11.1 Å². The van der Waals surface area contributed by atoms with Gasteiger partial charge in [-0.2, -0.15) is 0 Å². The van der Waals surface area contributed by atoms with Crippen LogP contribution in [-0.4, -0.2) is 4.98 Å². The number of aryl methyl sites for hydroxylation is 1. The average molecular weight is 246 g/mol. The summed E-state index contributed by atoms with van der Waals surface area (Å²) in [5, 5.41) is 0. The quantitative estimate of drug-likeness (QED) is 0.903. The third-order valence-corrected chi connectivity index (χ3v) is 2.58. The van der Waals surface area contributed by atoms with E-state index in [-0.39, 0.29) is 11.8 Å². The number of nitrogens with two attached hydrogens (primary N) is 1. The largest absolute Gasteiger partial charge is 0.436 e. The van der Waals surface area contributed by atoms with E-state index < -0.39 is 5.82 Å². The van der Waals surface area contributed by atoms with Gasteiger partial charge in [-0.05, 0) is 37.6 Å². The molecule has 1 aromatic heterocycles. The Balaban J connectivity index is 2.37. The Bertz CT molecular complexity index is 555. The second kappa shape index (κ2) is 5.14. The fourth-order valence-corrected chi connectivity index (χ4v) is 1.63. The third kappa shape index (κ3) is 2.65. The van der Waals surface area contributed by atoms with Gasteiger partial charge in [-0.15, -0.1) is 0 Å². The highest BCUT2D eigenvalue weighted by atomic mass is 19.1. The van der Waals surface area contributed by atoms with Crippen LogP contribution in [0.25, 0.3) is 0 Å². The molecule has 18 heavy (non-hydrogen) atoms. The first kappa shape index (κ1) is 12.5. The van der Waals surface area contributed by atoms with E-state index in [9.17, 15) is 4.39 Å². The number of hydrogen-bond acceptors (Lipinski definition) is 3. The third-order valence-electron chi connectivity index (χ3n) is 2.58. The number of benzene rings is 1. The van der Waals surface area contributed by atoms with Gasteiger partial charge < -0.3 is 10.5 Å². The number of nitrogens with zero attached hydrogens (tertiary/aromatic N) is 1. The van der Waals surface area contributed by atoms with Crippen LogP contribution in [0, 0.1) is 12.7 Å². The number of rotatable bonds is 3. The van der Waals surface area contributed by atoms with Gasteiger partial charge >= 0.3 is 0 Å². The van der Waals surface area contributed by atoms with Crippen molar-refractivity contribution in [2.24, 2.45) is 5.73 Å². The molecule has 0 amide bonds. The lowest BCUT2D eigenvalue weighted by molar-refractivity contribution is 0.419. The van der Waals surface area contributed by atoms with Crippen molar-refractivity contribution in [3.05, 3.63) is 53.5 Å². The standard InChI is InChI=1S/C14H15FN2O/c1-9-5-6-12(15)13(8-9)18-14-11(10(2)16)4-3-7-17-14/h3-8,10H,16H2,1-2H3/t10-/m0/s1. The molecule has 2 rings (SSSR count). The minimum absolute atomic E-state index is 0.163. The van der Waals surface area contributed by atoms with E-state index in [1.165, 1.54) is 6.07 Å². The summed E-state index contributed by atoms with van der Waals surface area (Å²) in [6.45, 7) is 3.70. The second-order valence-electron chi connectivity index (χ2n) is 4.22. The molecule has 4 heteroatoms. The van der Waals surface area contributed by atoms with Crippen molar-refractivity contribution in [3.8, 4) is 11.6 Å². The van der Waals surface area contributed by atoms with Crippen LogP contribution in [-0.2, 0) is 0 Å². The first-order chi connectivity index (χ1) is 8.58. The summed E-state index contributed by atoms with van der Waals surface area (Å²) in [5.74, 6) is 0.0921. The van der Waals surface area contributed by atoms with Crippen LogP contribution >= 0.6 is 0 Å². The van der Waals surface area contributed by atoms with Gasteiger partial charge in [0.05, 0.1) is 0 Å². The van der Waals surface area contributed by atoms with Crippen molar-refractivity contribution >= 4 is 0 Å². The van der Waals surface area contributed by atoms with Crippen LogP contribution in [0.5, 0.6) is 11.6 Å². The van der Waals surface area contributed by atoms with Gasteiger partial charge in [-0.1, -0.05) is 12.1 Å². The van der Waals surface area contributed by atoms with Crippen molar-refractivity contribution in [2.45, 2.75) is 19.9 Å². The summed E-state index contributed by atoms with van der Waals surface area (Å²) >= 11 is 0. The number of halogens is 1. The topological polar surface area (TPSA) is 48.1 Å². The Hall–Kier alpha value is -1.94. The van der Waals surface area contributed by atoms with Crippen LogP contribution in [0.3, 0.4) is 0 Å². The van der Waals surface area contributed by atoms with Gasteiger partial charge in [-0.3, -0.25) is 0 Å². The maximum Gasteiger partial charge on any atom is 0.224 e. The molecule has 0 unspecified atom stereocenters. The molecule has 0 fully saturated rings. The van der Waals surface area contributed by atoms with Crippen LogP contribution < -0.4 is 10.5 Å². The lowest BCUT2D eigenvalue weighted by atomic mass is 10.1. The van der Waals surface area contributed by atoms with Crippen molar-refractivity contribution in [1.29, 1.82) is 0 Å². The molecule has 1 aromatic carbocycles. The van der Waals surface area contributed by atoms with Gasteiger partial charge in [0, 0.05) is 17.8 Å². The summed E-state index contributed by atoms with van der Waals surface area (Å²) in [5.41, 5.74) is 7.49. The van der Waals surface area contributed by atoms with Crippen molar-refractivity contribution in [1.82, 2.24) is 4.98 Å². The summed E-state index contributed by atoms with van der Waals surface area (Å²) in [6, 6.07) is 8.07. The molecule has 1 heterocycles. The summed E-state index contributed by atoms with van der Waals surface area (Å²) in [6.07, 6.45) is 1.59. The van der Waals surface area contributed by atoms with Crippen molar-refractivity contribution in [3.63, 3.8) is 0 Å². The molecule has 0 saturated heterocycles. The number of ether oxygens (including phenoxy) is 1. The zero-order valence-corrected chi connectivity index (χ0v) is 10.4. The molecule has 0 aliphatic carbocycles. The number of aromatic nitrogens is 1. The van der Waals surface area contributed by atoms with Crippen LogP contribution in [0.4, 0.5) is 4.39 Å². The van der Waals surface area contributed by atoms with Crippen molar-refractivity contribution in [2.75, 3.05) is 0 Å². The SMILES string of the molecule is Cc1ccc(F)c(Oc2ncccc2[C@H](C)N)c1. The van der Waals surface area contributed by atoms with Crippen LogP contribution in [0.1, 0.15) is 24.1 Å². The first-order valence-corrected chi connectivity index (χ1v) is 5.72. The fraction of sp³-hybridized carbons (Fsp3) is 0.214. The Morgan fingerprint density at radius 1 is 1.33 bits per heavy atom. The number of pyridine rings is 1. The molecule has 0 bridgehead atoms. The number of hydrogen-bond donors (Lipinski definition) is 1. The maximum absolute atomic E-state index is 13.6. The maximum atomic E-state index is 13.6. The molecular weight excluding hydrogens is 231 g/mol. The predicted molar refractivity (Wildman–Crippen MR) is 68.1 cm³/mol. The van der Waals surface area contributed by atoms with Gasteiger partial charge in [-0.25, -0.2) is 9.37 Å². The zero-order valence-electron chi connectivity index (χ0n) is 10.4. The van der Waals surface area contributed by atoms with E-state index in [1.807, 2.05) is 19.9 Å². The molecule has 1 atom stereocenters. The minimum Gasteiger partial charge on any atom is -0.436 e. The van der Waals surface area contributed by atoms with E-state index >= 15 is 0 Å². The second-order valence-corrected chi connectivity index (χ2v) is 4.22. The highest BCUT2D eigenvalue weighted by Crippen LogP contribution is 2.28. The van der Waals surface area contributed by atoms with Crippen molar-refractivity contribution < 1.29 is 9.13 Å². The summed E-state index contributed by atoms with van der Waals surface area (Å²) < 4.78 is 19.1. The highest BCUT2D eigenvalue weighted by Gasteiger charge is 2.12. The van der Waals surface area contributed by atoms with Gasteiger partial charge in [0.15, 0.2) is 11.6 Å². The average Bonchev–Trinajstić information content (AvgIpc) is 2.34. The molecule has 0 aliphatic rings. The van der Waals surface area contributed by atoms with Gasteiger partial charge in [0.2, 0.25) is 5.88 Å². The molecule has 0 radical (unpaired) electrons. The van der Waals surface area contributed by atoms with E-state index in [0.29, 0.717) is 5.88 Å². The molecule has 0 spiro atoms. The highest BCUT2D eigenvalue weighted by molar-refractivity contribution is 5.36. The zero-order chi connectivity index (χ0) is 13.1. The molecule has 94 valence electrons. The lowest BCUT2D eigenvalue weighted by Gasteiger charge is -2.12. The summed E-state index contributed by atoms with van der Waals surface area (Å²) in [7, 11) is 0. The van der Waals surface area contributed by atoms with Gasteiger partial charge in [0.25, 0.3) is 0 Å². The molecule has 2 N–H and O–H groups in total. The smallest absolute Gasteiger partial charge is 0.224 e. The first-order valence-electron chi connectivity index (χ1n) is 5.72. The molecule has 2 aromatic rings. The normalized spacial score (nSPS) is 12.2. The Labute approximate surface area is 105 Å². The monoisotopic (exact) mass is 246 g/mol. The van der Waals surface area contributed by atoms with Crippen LogP contribution in [0.2, 0.25) is 0 Å². The van der Waals surface area contributed by atoms with E-state index in [2.05, 4.69) is 4.98 Å². The van der Waals surface area contributed by atoms with Crippen LogP contribution in [0.15, 0.2) is 36.5 Å². The Kier molecular flexibility index (Phi) is 3.58. The Morgan fingerprint density at radius 3 is 2.83 bits per heavy atom. The lowest BCUT2D eigenvalue weighted by Crippen LogP contribution is -2.07. The summed E-state index contributed by atoms with van der Waals surface area (Å²) in [4.78, 5) is 4.10. The van der Waals surface area contributed by atoms with Gasteiger partial charge in [0.1, 0.15) is 0 Å². The predicted octanol–water partition coefficient (Wildman–Crippen LogP) is 3.34.